The van der Waals surface area contributed by atoms with Crippen molar-refractivity contribution in [2.45, 2.75) is 31.9 Å². The van der Waals surface area contributed by atoms with Gasteiger partial charge in [-0.2, -0.15) is 0 Å². The number of likely N-dealkylation sites (N-methyl/N-ethyl adjacent to an activating group) is 1. The van der Waals surface area contributed by atoms with Crippen molar-refractivity contribution in [3.63, 3.8) is 0 Å². The summed E-state index contributed by atoms with van der Waals surface area (Å²) in [5.74, 6) is 1.14. The summed E-state index contributed by atoms with van der Waals surface area (Å²) in [6.45, 7) is 2.43. The third kappa shape index (κ3) is 1.76. The summed E-state index contributed by atoms with van der Waals surface area (Å²) in [5, 5.41) is 0. The first kappa shape index (κ1) is 12.3. The molecule has 1 aromatic rings. The molecule has 0 N–H and O–H groups in total. The molecule has 3 aliphatic rings. The van der Waals surface area contributed by atoms with Crippen LogP contribution in [0.4, 0.5) is 5.69 Å². The standard InChI is InChI=1S/C17H22N2O/c1-18(2)15-8-7-13-11-12-5-3-9-19-10-4-6-14(16(12)19)17(13)20-15/h7-8,11,15H,3-6,9-10H2,1-2H3. The Morgan fingerprint density at radius 3 is 2.80 bits per heavy atom. The van der Waals surface area contributed by atoms with Crippen LogP contribution in [0.2, 0.25) is 0 Å². The van der Waals surface area contributed by atoms with E-state index >= 15 is 0 Å². The molecule has 0 saturated heterocycles. The smallest absolute Gasteiger partial charge is 0.171 e. The van der Waals surface area contributed by atoms with Gasteiger partial charge in [0.15, 0.2) is 6.23 Å². The molecular formula is C17H22N2O. The third-order valence-electron chi connectivity index (χ3n) is 4.69. The zero-order chi connectivity index (χ0) is 13.7. The van der Waals surface area contributed by atoms with Gasteiger partial charge in [-0.3, -0.25) is 4.90 Å². The summed E-state index contributed by atoms with van der Waals surface area (Å²) in [6, 6.07) is 2.36. The van der Waals surface area contributed by atoms with Gasteiger partial charge in [0.1, 0.15) is 5.75 Å². The van der Waals surface area contributed by atoms with Crippen molar-refractivity contribution in [3.05, 3.63) is 28.8 Å². The van der Waals surface area contributed by atoms with Gasteiger partial charge >= 0.3 is 0 Å². The monoisotopic (exact) mass is 270 g/mol. The molecule has 0 amide bonds. The molecule has 1 aromatic carbocycles. The van der Waals surface area contributed by atoms with Crippen LogP contribution in [-0.2, 0) is 12.8 Å². The van der Waals surface area contributed by atoms with Gasteiger partial charge in [-0.1, -0.05) is 6.08 Å². The molecule has 3 heterocycles. The minimum Gasteiger partial charge on any atom is -0.471 e. The van der Waals surface area contributed by atoms with Crippen LogP contribution in [-0.4, -0.2) is 38.3 Å². The number of hydrogen-bond donors (Lipinski definition) is 0. The Balaban J connectivity index is 1.86. The van der Waals surface area contributed by atoms with Gasteiger partial charge in [0.2, 0.25) is 0 Å². The van der Waals surface area contributed by atoms with Gasteiger partial charge in [0.25, 0.3) is 0 Å². The zero-order valence-corrected chi connectivity index (χ0v) is 12.4. The predicted molar refractivity (Wildman–Crippen MR) is 82.4 cm³/mol. The minimum atomic E-state index is 0.0655. The van der Waals surface area contributed by atoms with Crippen LogP contribution in [0.1, 0.15) is 29.5 Å². The van der Waals surface area contributed by atoms with E-state index in [9.17, 15) is 0 Å². The van der Waals surface area contributed by atoms with Crippen molar-refractivity contribution in [1.29, 1.82) is 0 Å². The second kappa shape index (κ2) is 4.52. The summed E-state index contributed by atoms with van der Waals surface area (Å²) < 4.78 is 6.28. The maximum Gasteiger partial charge on any atom is 0.171 e. The fourth-order valence-electron chi connectivity index (χ4n) is 3.74. The molecule has 0 bridgehead atoms. The maximum absolute atomic E-state index is 6.28. The highest BCUT2D eigenvalue weighted by Gasteiger charge is 2.30. The Kier molecular flexibility index (Phi) is 2.77. The molecule has 1 atom stereocenters. The molecule has 106 valence electrons. The molecule has 0 aliphatic carbocycles. The van der Waals surface area contributed by atoms with Gasteiger partial charge < -0.3 is 9.64 Å². The Hall–Kier alpha value is -1.48. The fraction of sp³-hybridized carbons (Fsp3) is 0.529. The van der Waals surface area contributed by atoms with E-state index in [-0.39, 0.29) is 6.23 Å². The Labute approximate surface area is 120 Å². The quantitative estimate of drug-likeness (QED) is 0.780. The molecule has 20 heavy (non-hydrogen) atoms. The van der Waals surface area contributed by atoms with Crippen LogP contribution >= 0.6 is 0 Å². The summed E-state index contributed by atoms with van der Waals surface area (Å²) in [4.78, 5) is 4.69. The molecule has 3 heteroatoms. The largest absolute Gasteiger partial charge is 0.471 e. The average molecular weight is 270 g/mol. The van der Waals surface area contributed by atoms with E-state index in [4.69, 9.17) is 4.74 Å². The molecule has 0 saturated carbocycles. The van der Waals surface area contributed by atoms with Crippen LogP contribution < -0.4 is 9.64 Å². The number of ether oxygens (including phenoxy) is 1. The summed E-state index contributed by atoms with van der Waals surface area (Å²) in [5.41, 5.74) is 5.76. The van der Waals surface area contributed by atoms with Gasteiger partial charge in [-0.25, -0.2) is 0 Å². The predicted octanol–water partition coefficient (Wildman–Crippen LogP) is 2.68. The normalized spacial score (nSPS) is 23.4. The summed E-state index contributed by atoms with van der Waals surface area (Å²) in [6.07, 6.45) is 9.39. The van der Waals surface area contributed by atoms with E-state index in [0.29, 0.717) is 0 Å². The van der Waals surface area contributed by atoms with E-state index < -0.39 is 0 Å². The second-order valence-corrected chi connectivity index (χ2v) is 6.31. The number of anilines is 1. The number of rotatable bonds is 1. The highest BCUT2D eigenvalue weighted by molar-refractivity contribution is 5.75. The van der Waals surface area contributed by atoms with Crippen molar-refractivity contribution in [3.8, 4) is 5.75 Å². The van der Waals surface area contributed by atoms with Crippen molar-refractivity contribution in [2.75, 3.05) is 32.1 Å². The Morgan fingerprint density at radius 2 is 2.00 bits per heavy atom. The number of hydrogen-bond acceptors (Lipinski definition) is 3. The van der Waals surface area contributed by atoms with Crippen molar-refractivity contribution in [1.82, 2.24) is 4.90 Å². The summed E-state index contributed by atoms with van der Waals surface area (Å²) >= 11 is 0. The third-order valence-corrected chi connectivity index (χ3v) is 4.69. The number of benzene rings is 1. The van der Waals surface area contributed by atoms with Crippen molar-refractivity contribution >= 4 is 11.8 Å². The molecule has 4 rings (SSSR count). The average Bonchev–Trinajstić information content (AvgIpc) is 2.47. The number of nitrogens with zero attached hydrogens (tertiary/aromatic N) is 2. The van der Waals surface area contributed by atoms with E-state index in [1.807, 2.05) is 0 Å². The van der Waals surface area contributed by atoms with Crippen LogP contribution in [0.15, 0.2) is 12.1 Å². The Bertz CT molecular complexity index is 575. The molecule has 3 aliphatic heterocycles. The fourth-order valence-corrected chi connectivity index (χ4v) is 3.74. The second-order valence-electron chi connectivity index (χ2n) is 6.31. The minimum absolute atomic E-state index is 0.0655. The molecule has 0 aromatic heterocycles. The van der Waals surface area contributed by atoms with E-state index in [1.165, 1.54) is 54.7 Å². The zero-order valence-electron chi connectivity index (χ0n) is 12.4. The SMILES string of the molecule is CN(C)C1C=Cc2cc3c4c(c2O1)CCCN4CCC3. The van der Waals surface area contributed by atoms with Gasteiger partial charge in [-0.05, 0) is 57.5 Å². The van der Waals surface area contributed by atoms with Gasteiger partial charge in [0.05, 0.1) is 0 Å². The molecule has 1 unspecified atom stereocenters. The first-order chi connectivity index (χ1) is 9.74. The van der Waals surface area contributed by atoms with E-state index in [0.717, 1.165) is 12.2 Å². The van der Waals surface area contributed by atoms with Crippen molar-refractivity contribution < 1.29 is 4.74 Å². The van der Waals surface area contributed by atoms with E-state index in [2.05, 4.69) is 42.1 Å². The van der Waals surface area contributed by atoms with Crippen LogP contribution in [0.5, 0.6) is 5.75 Å². The first-order valence-corrected chi connectivity index (χ1v) is 7.69. The molecule has 0 fully saturated rings. The summed E-state index contributed by atoms with van der Waals surface area (Å²) in [7, 11) is 4.13. The Morgan fingerprint density at radius 1 is 1.20 bits per heavy atom. The maximum atomic E-state index is 6.28. The lowest BCUT2D eigenvalue weighted by atomic mass is 9.88. The molecule has 3 nitrogen and oxygen atoms in total. The lowest BCUT2D eigenvalue weighted by Crippen LogP contribution is -2.37. The molecule has 0 radical (unpaired) electrons. The lowest BCUT2D eigenvalue weighted by molar-refractivity contribution is 0.104. The lowest BCUT2D eigenvalue weighted by Gasteiger charge is -2.39. The van der Waals surface area contributed by atoms with Crippen LogP contribution in [0, 0.1) is 0 Å². The topological polar surface area (TPSA) is 15.7 Å². The number of fused-ring (bicyclic) bond motifs is 2. The van der Waals surface area contributed by atoms with Crippen LogP contribution in [0.25, 0.3) is 6.08 Å². The van der Waals surface area contributed by atoms with Crippen LogP contribution in [0.3, 0.4) is 0 Å². The number of aryl methyl sites for hydroxylation is 1. The van der Waals surface area contributed by atoms with Gasteiger partial charge in [-0.15, -0.1) is 0 Å². The highest BCUT2D eigenvalue weighted by atomic mass is 16.5. The molecule has 0 spiro atoms. The van der Waals surface area contributed by atoms with E-state index in [1.54, 1.807) is 0 Å². The van der Waals surface area contributed by atoms with Crippen molar-refractivity contribution in [2.24, 2.45) is 0 Å². The van der Waals surface area contributed by atoms with Gasteiger partial charge in [0, 0.05) is 29.9 Å². The highest BCUT2D eigenvalue weighted by Crippen LogP contribution is 2.44. The molecular weight excluding hydrogens is 248 g/mol. The first-order valence-electron chi connectivity index (χ1n) is 7.69.